The molecule has 1 atom stereocenters. The number of halogens is 1. The van der Waals surface area contributed by atoms with Crippen molar-refractivity contribution < 1.29 is 4.74 Å². The van der Waals surface area contributed by atoms with Gasteiger partial charge in [-0.15, -0.1) is 24.0 Å². The van der Waals surface area contributed by atoms with Gasteiger partial charge in [0.1, 0.15) is 5.75 Å². The summed E-state index contributed by atoms with van der Waals surface area (Å²) < 4.78 is 5.21. The van der Waals surface area contributed by atoms with E-state index in [-0.39, 0.29) is 24.0 Å². The van der Waals surface area contributed by atoms with E-state index in [0.29, 0.717) is 0 Å². The number of rotatable bonds is 6. The molecule has 0 spiro atoms. The zero-order valence-electron chi connectivity index (χ0n) is 16.0. The SMILES string of the molecule is CN=C(NCCN1CCCC(C)C1)N(C)Cc1ccc(OC)cc1.I. The molecule has 142 valence electrons. The normalized spacial score (nSPS) is 18.4. The van der Waals surface area contributed by atoms with Gasteiger partial charge in [0.2, 0.25) is 0 Å². The Balaban J connectivity index is 0.00000312. The van der Waals surface area contributed by atoms with E-state index < -0.39 is 0 Å². The average molecular weight is 460 g/mol. The van der Waals surface area contributed by atoms with Crippen molar-refractivity contribution in [2.75, 3.05) is 47.4 Å². The van der Waals surface area contributed by atoms with Crippen LogP contribution >= 0.6 is 24.0 Å². The molecule has 0 aromatic heterocycles. The molecule has 25 heavy (non-hydrogen) atoms. The number of nitrogens with one attached hydrogen (secondary N) is 1. The van der Waals surface area contributed by atoms with Crippen LogP contribution in [0.25, 0.3) is 0 Å². The first-order valence-corrected chi connectivity index (χ1v) is 8.89. The fourth-order valence-electron chi connectivity index (χ4n) is 3.28. The molecule has 0 aliphatic carbocycles. The van der Waals surface area contributed by atoms with Crippen LogP contribution in [0.2, 0.25) is 0 Å². The van der Waals surface area contributed by atoms with Gasteiger partial charge in [-0.25, -0.2) is 0 Å². The summed E-state index contributed by atoms with van der Waals surface area (Å²) in [7, 11) is 5.61. The van der Waals surface area contributed by atoms with E-state index in [2.05, 4.69) is 46.2 Å². The molecule has 1 unspecified atom stereocenters. The van der Waals surface area contributed by atoms with E-state index in [1.807, 2.05) is 19.2 Å². The van der Waals surface area contributed by atoms with Crippen LogP contribution in [0.4, 0.5) is 0 Å². The highest BCUT2D eigenvalue weighted by Gasteiger charge is 2.16. The van der Waals surface area contributed by atoms with Crippen LogP contribution in [0.1, 0.15) is 25.3 Å². The van der Waals surface area contributed by atoms with Crippen molar-refractivity contribution in [2.24, 2.45) is 10.9 Å². The third kappa shape index (κ3) is 7.40. The van der Waals surface area contributed by atoms with Crippen LogP contribution in [0, 0.1) is 5.92 Å². The maximum atomic E-state index is 5.21. The molecule has 2 rings (SSSR count). The minimum absolute atomic E-state index is 0. The topological polar surface area (TPSA) is 40.1 Å². The van der Waals surface area contributed by atoms with Crippen LogP contribution in [0.3, 0.4) is 0 Å². The first-order valence-electron chi connectivity index (χ1n) is 8.89. The number of methoxy groups -OCH3 is 1. The second-order valence-corrected chi connectivity index (χ2v) is 6.73. The first-order chi connectivity index (χ1) is 11.6. The molecule has 0 amide bonds. The maximum Gasteiger partial charge on any atom is 0.193 e. The lowest BCUT2D eigenvalue weighted by Crippen LogP contribution is -2.44. The second kappa shape index (κ2) is 11.6. The summed E-state index contributed by atoms with van der Waals surface area (Å²) in [6.45, 7) is 7.64. The van der Waals surface area contributed by atoms with Crippen LogP contribution in [0.5, 0.6) is 5.75 Å². The zero-order chi connectivity index (χ0) is 17.4. The summed E-state index contributed by atoms with van der Waals surface area (Å²) >= 11 is 0. The fourth-order valence-corrected chi connectivity index (χ4v) is 3.28. The molecular formula is C19H33IN4O. The Morgan fingerprint density at radius 2 is 2.08 bits per heavy atom. The molecule has 1 fully saturated rings. The standard InChI is InChI=1S/C19H32N4O.HI/c1-16-6-5-12-23(14-16)13-11-21-19(20-2)22(3)15-17-7-9-18(24-4)10-8-17;/h7-10,16H,5-6,11-15H2,1-4H3,(H,20,21);1H. The second-order valence-electron chi connectivity index (χ2n) is 6.73. The van der Waals surface area contributed by atoms with Crippen LogP contribution in [-0.4, -0.2) is 63.1 Å². The average Bonchev–Trinajstić information content (AvgIpc) is 2.59. The van der Waals surface area contributed by atoms with Crippen molar-refractivity contribution >= 4 is 29.9 Å². The molecule has 1 N–H and O–H groups in total. The highest BCUT2D eigenvalue weighted by molar-refractivity contribution is 14.0. The first kappa shape index (κ1) is 22.0. The van der Waals surface area contributed by atoms with Crippen LogP contribution in [0.15, 0.2) is 29.3 Å². The van der Waals surface area contributed by atoms with Gasteiger partial charge in [0.15, 0.2) is 5.96 Å². The predicted molar refractivity (Wildman–Crippen MR) is 116 cm³/mol. The highest BCUT2D eigenvalue weighted by atomic mass is 127. The molecule has 0 radical (unpaired) electrons. The zero-order valence-corrected chi connectivity index (χ0v) is 18.3. The van der Waals surface area contributed by atoms with Crippen LogP contribution in [-0.2, 0) is 6.54 Å². The van der Waals surface area contributed by atoms with Gasteiger partial charge in [0, 0.05) is 40.3 Å². The number of nitrogens with zero attached hydrogens (tertiary/aromatic N) is 3. The largest absolute Gasteiger partial charge is 0.497 e. The summed E-state index contributed by atoms with van der Waals surface area (Å²) in [6.07, 6.45) is 2.70. The van der Waals surface area contributed by atoms with Crippen molar-refractivity contribution in [2.45, 2.75) is 26.3 Å². The summed E-state index contributed by atoms with van der Waals surface area (Å²) in [5.74, 6) is 2.66. The van der Waals surface area contributed by atoms with Gasteiger partial charge in [-0.1, -0.05) is 19.1 Å². The lowest BCUT2D eigenvalue weighted by Gasteiger charge is -2.31. The van der Waals surface area contributed by atoms with E-state index in [9.17, 15) is 0 Å². The van der Waals surface area contributed by atoms with Gasteiger partial charge in [0.05, 0.1) is 7.11 Å². The fraction of sp³-hybridized carbons (Fsp3) is 0.632. The number of hydrogen-bond donors (Lipinski definition) is 1. The van der Waals surface area contributed by atoms with Crippen molar-refractivity contribution in [3.8, 4) is 5.75 Å². The summed E-state index contributed by atoms with van der Waals surface area (Å²) in [6, 6.07) is 8.18. The molecule has 1 aliphatic heterocycles. The van der Waals surface area contributed by atoms with Gasteiger partial charge >= 0.3 is 0 Å². The molecule has 1 saturated heterocycles. The lowest BCUT2D eigenvalue weighted by atomic mass is 10.0. The van der Waals surface area contributed by atoms with Crippen molar-refractivity contribution in [3.05, 3.63) is 29.8 Å². The van der Waals surface area contributed by atoms with Crippen molar-refractivity contribution in [3.63, 3.8) is 0 Å². The van der Waals surface area contributed by atoms with Gasteiger partial charge in [-0.2, -0.15) is 0 Å². The molecular weight excluding hydrogens is 427 g/mol. The summed E-state index contributed by atoms with van der Waals surface area (Å²) in [5, 5.41) is 3.48. The molecule has 1 aromatic rings. The molecule has 0 bridgehead atoms. The van der Waals surface area contributed by atoms with E-state index in [4.69, 9.17) is 4.74 Å². The minimum Gasteiger partial charge on any atom is -0.497 e. The number of ether oxygens (including phenoxy) is 1. The number of piperidine rings is 1. The summed E-state index contributed by atoms with van der Waals surface area (Å²) in [5.41, 5.74) is 1.24. The molecule has 5 nitrogen and oxygen atoms in total. The van der Waals surface area contributed by atoms with E-state index in [1.165, 1.54) is 31.5 Å². The molecule has 1 aromatic carbocycles. The number of guanidine groups is 1. The smallest absolute Gasteiger partial charge is 0.193 e. The Morgan fingerprint density at radius 3 is 2.68 bits per heavy atom. The highest BCUT2D eigenvalue weighted by Crippen LogP contribution is 2.15. The Hall–Kier alpha value is -1.02. The quantitative estimate of drug-likeness (QED) is 0.403. The predicted octanol–water partition coefficient (Wildman–Crippen LogP) is 3.05. The molecule has 6 heteroatoms. The third-order valence-corrected chi connectivity index (χ3v) is 4.60. The van der Waals surface area contributed by atoms with E-state index >= 15 is 0 Å². The third-order valence-electron chi connectivity index (χ3n) is 4.60. The monoisotopic (exact) mass is 460 g/mol. The number of aliphatic imine (C=N–C) groups is 1. The van der Waals surface area contributed by atoms with E-state index in [0.717, 1.165) is 37.3 Å². The number of benzene rings is 1. The Labute approximate surface area is 169 Å². The maximum absolute atomic E-state index is 5.21. The lowest BCUT2D eigenvalue weighted by molar-refractivity contribution is 0.186. The molecule has 0 saturated carbocycles. The van der Waals surface area contributed by atoms with Crippen LogP contribution < -0.4 is 10.1 Å². The number of likely N-dealkylation sites (tertiary alicyclic amines) is 1. The van der Waals surface area contributed by atoms with Gasteiger partial charge in [-0.05, 0) is 43.0 Å². The van der Waals surface area contributed by atoms with Gasteiger partial charge < -0.3 is 19.9 Å². The Kier molecular flexibility index (Phi) is 10.2. The van der Waals surface area contributed by atoms with Crippen molar-refractivity contribution in [1.29, 1.82) is 0 Å². The number of hydrogen-bond acceptors (Lipinski definition) is 3. The van der Waals surface area contributed by atoms with Gasteiger partial charge in [0.25, 0.3) is 0 Å². The Morgan fingerprint density at radius 1 is 1.36 bits per heavy atom. The summed E-state index contributed by atoms with van der Waals surface area (Å²) in [4.78, 5) is 9.11. The Bertz CT molecular complexity index is 521. The van der Waals surface area contributed by atoms with E-state index in [1.54, 1.807) is 7.11 Å². The molecule has 1 aliphatic rings. The van der Waals surface area contributed by atoms with Gasteiger partial charge in [-0.3, -0.25) is 4.99 Å². The van der Waals surface area contributed by atoms with Crippen molar-refractivity contribution in [1.82, 2.24) is 15.1 Å². The molecule has 1 heterocycles. The minimum atomic E-state index is 0.